The molecule has 0 heterocycles. The van der Waals surface area contributed by atoms with E-state index in [1.165, 1.54) is 13.8 Å². The molecule has 0 aliphatic heterocycles. The van der Waals surface area contributed by atoms with Crippen LogP contribution < -0.4 is 37.6 Å². The number of aliphatic hydroxyl groups excluding tert-OH is 2. The third kappa shape index (κ3) is 18.3. The van der Waals surface area contributed by atoms with Gasteiger partial charge in [-0.15, -0.1) is 0 Å². The summed E-state index contributed by atoms with van der Waals surface area (Å²) < 4.78 is 0. The average Bonchev–Trinajstić information content (AvgIpc) is 3.04. The molecule has 10 N–H and O–H groups in total. The Hall–Kier alpha value is -3.28. The highest BCUT2D eigenvalue weighted by Gasteiger charge is 2.32. The first-order valence-electron chi connectivity index (χ1n) is 16.5. The minimum atomic E-state index is -1.51. The third-order valence-electron chi connectivity index (χ3n) is 7.40. The van der Waals surface area contributed by atoms with Crippen molar-refractivity contribution in [1.82, 2.24) is 31.9 Å². The number of carbonyl (C=O) groups excluding carboxylic acids is 7. The molecule has 16 nitrogen and oxygen atoms in total. The van der Waals surface area contributed by atoms with E-state index in [1.807, 2.05) is 0 Å². The zero-order valence-corrected chi connectivity index (χ0v) is 29.6. The molecule has 0 aromatic rings. The molecule has 6 amide bonds. The van der Waals surface area contributed by atoms with E-state index < -0.39 is 84.9 Å². The Morgan fingerprint density at radius 3 is 1.75 bits per heavy atom. The second-order valence-electron chi connectivity index (χ2n) is 12.2. The van der Waals surface area contributed by atoms with Crippen LogP contribution in [0.3, 0.4) is 0 Å². The van der Waals surface area contributed by atoms with Crippen LogP contribution in [-0.4, -0.2) is 113 Å². The van der Waals surface area contributed by atoms with Crippen LogP contribution in [0.1, 0.15) is 86.0 Å². The molecule has 0 bridgehead atoms. The molecule has 0 saturated heterocycles. The minimum Gasteiger partial charge on any atom is -0.394 e. The maximum atomic E-state index is 13.2. The molecule has 0 aromatic heterocycles. The quantitative estimate of drug-likeness (QED) is 0.0289. The van der Waals surface area contributed by atoms with E-state index >= 15 is 0 Å². The molecule has 0 rings (SSSR count). The van der Waals surface area contributed by atoms with E-state index in [9.17, 15) is 43.8 Å². The standard InChI is InChI=1S/C31H57N7O9S/c1-6-21(48)11-7-8-13-25(42)33-14-10-9-12-22(35-27(43)20(5)32)28(44)36-24(17-41)30(46)38-26(18(2)3)31(47)37-23(16-40)29(45)34-19(4)15-39/h15,18-24,26,40-41,48H,6-14,16-17,32H2,1-5H3,(H,33,42)(H,34,45)(H,35,43)(H,36,44)(H,37,47)(H,38,46)/t19-,20-,21-,22-,23-,24-,26-/m0/s1. The van der Waals surface area contributed by atoms with Gasteiger partial charge in [0.05, 0.1) is 25.3 Å². The van der Waals surface area contributed by atoms with Crippen LogP contribution in [-0.2, 0) is 33.6 Å². The molecule has 0 aliphatic carbocycles. The van der Waals surface area contributed by atoms with Crippen molar-refractivity contribution in [2.45, 2.75) is 127 Å². The monoisotopic (exact) mass is 703 g/mol. The number of unbranched alkanes of at least 4 members (excludes halogenated alkanes) is 2. The number of rotatable bonds is 25. The fraction of sp³-hybridized carbons (Fsp3) is 0.774. The molecule has 0 saturated carbocycles. The average molecular weight is 704 g/mol. The highest BCUT2D eigenvalue weighted by atomic mass is 32.1. The van der Waals surface area contributed by atoms with Crippen molar-refractivity contribution in [3.05, 3.63) is 0 Å². The summed E-state index contributed by atoms with van der Waals surface area (Å²) in [4.78, 5) is 86.8. The molecule has 276 valence electrons. The number of nitrogens with two attached hydrogens (primary N) is 1. The number of aliphatic hydroxyl groups is 2. The van der Waals surface area contributed by atoms with Crippen LogP contribution in [0.25, 0.3) is 0 Å². The summed E-state index contributed by atoms with van der Waals surface area (Å²) in [5, 5.41) is 34.7. The molecule has 0 radical (unpaired) electrons. The molecule has 7 atom stereocenters. The zero-order valence-electron chi connectivity index (χ0n) is 28.8. The molecule has 0 aromatic carbocycles. The summed E-state index contributed by atoms with van der Waals surface area (Å²) in [7, 11) is 0. The summed E-state index contributed by atoms with van der Waals surface area (Å²) in [6, 6.07) is -7.07. The Morgan fingerprint density at radius 1 is 0.708 bits per heavy atom. The van der Waals surface area contributed by atoms with Crippen LogP contribution in [0.2, 0.25) is 0 Å². The van der Waals surface area contributed by atoms with Crippen molar-refractivity contribution in [2.75, 3.05) is 19.8 Å². The Bertz CT molecular complexity index is 1050. The number of aldehydes is 1. The lowest BCUT2D eigenvalue weighted by atomic mass is 10.0. The molecule has 48 heavy (non-hydrogen) atoms. The van der Waals surface area contributed by atoms with Gasteiger partial charge in [0, 0.05) is 18.2 Å². The van der Waals surface area contributed by atoms with Gasteiger partial charge >= 0.3 is 0 Å². The van der Waals surface area contributed by atoms with Gasteiger partial charge in [0.1, 0.15) is 30.5 Å². The van der Waals surface area contributed by atoms with Gasteiger partial charge in [0.15, 0.2) is 0 Å². The Balaban J connectivity index is 5.27. The smallest absolute Gasteiger partial charge is 0.245 e. The van der Waals surface area contributed by atoms with Gasteiger partial charge < -0.3 is 52.6 Å². The van der Waals surface area contributed by atoms with Crippen LogP contribution in [0.4, 0.5) is 0 Å². The van der Waals surface area contributed by atoms with E-state index in [1.54, 1.807) is 13.8 Å². The molecule has 0 aliphatic rings. The fourth-order valence-electron chi connectivity index (χ4n) is 4.30. The van der Waals surface area contributed by atoms with Crippen molar-refractivity contribution < 1.29 is 43.8 Å². The van der Waals surface area contributed by atoms with E-state index in [0.29, 0.717) is 37.3 Å². The van der Waals surface area contributed by atoms with Crippen molar-refractivity contribution in [3.63, 3.8) is 0 Å². The lowest BCUT2D eigenvalue weighted by Gasteiger charge is -2.27. The van der Waals surface area contributed by atoms with Gasteiger partial charge in [-0.25, -0.2) is 0 Å². The number of hydrogen-bond donors (Lipinski definition) is 10. The van der Waals surface area contributed by atoms with Crippen LogP contribution in [0.15, 0.2) is 0 Å². The van der Waals surface area contributed by atoms with Crippen LogP contribution in [0.5, 0.6) is 0 Å². The molecule has 17 heteroatoms. The number of carbonyl (C=O) groups is 7. The van der Waals surface area contributed by atoms with E-state index in [4.69, 9.17) is 5.73 Å². The molecular weight excluding hydrogens is 646 g/mol. The number of hydrogen-bond acceptors (Lipinski definition) is 11. The summed E-state index contributed by atoms with van der Waals surface area (Å²) in [5.41, 5.74) is 5.66. The number of nitrogens with one attached hydrogen (secondary N) is 6. The topological polar surface area (TPSA) is 258 Å². The molecule has 0 spiro atoms. The lowest BCUT2D eigenvalue weighted by molar-refractivity contribution is -0.136. The van der Waals surface area contributed by atoms with Gasteiger partial charge in [0.2, 0.25) is 35.4 Å². The Morgan fingerprint density at radius 2 is 1.23 bits per heavy atom. The van der Waals surface area contributed by atoms with Gasteiger partial charge in [-0.1, -0.05) is 27.2 Å². The number of amides is 6. The maximum Gasteiger partial charge on any atom is 0.245 e. The predicted octanol–water partition coefficient (Wildman–Crippen LogP) is -1.83. The molecule has 0 unspecified atom stereocenters. The van der Waals surface area contributed by atoms with E-state index in [0.717, 1.165) is 25.7 Å². The first-order valence-corrected chi connectivity index (χ1v) is 17.0. The Labute approximate surface area is 288 Å². The van der Waals surface area contributed by atoms with E-state index in [2.05, 4.69) is 51.5 Å². The third-order valence-corrected chi connectivity index (χ3v) is 8.03. The normalized spacial score (nSPS) is 15.5. The van der Waals surface area contributed by atoms with Crippen molar-refractivity contribution >= 4 is 54.4 Å². The number of thiol groups is 1. The van der Waals surface area contributed by atoms with Gasteiger partial charge in [-0.2, -0.15) is 12.6 Å². The highest BCUT2D eigenvalue weighted by Crippen LogP contribution is 2.11. The molecule has 0 fully saturated rings. The van der Waals surface area contributed by atoms with Gasteiger partial charge in [-0.05, 0) is 58.3 Å². The second-order valence-corrected chi connectivity index (χ2v) is 12.9. The van der Waals surface area contributed by atoms with Crippen molar-refractivity contribution in [1.29, 1.82) is 0 Å². The summed E-state index contributed by atoms with van der Waals surface area (Å²) in [6.45, 7) is 6.86. The lowest BCUT2D eigenvalue weighted by Crippen LogP contribution is -2.61. The zero-order chi connectivity index (χ0) is 36.8. The van der Waals surface area contributed by atoms with Crippen LogP contribution in [0, 0.1) is 5.92 Å². The van der Waals surface area contributed by atoms with Gasteiger partial charge in [0.25, 0.3) is 0 Å². The first-order chi connectivity index (χ1) is 22.6. The highest BCUT2D eigenvalue weighted by molar-refractivity contribution is 7.80. The minimum absolute atomic E-state index is 0.0745. The predicted molar refractivity (Wildman–Crippen MR) is 182 cm³/mol. The van der Waals surface area contributed by atoms with E-state index in [-0.39, 0.29) is 12.3 Å². The fourth-order valence-corrected chi connectivity index (χ4v) is 4.48. The van der Waals surface area contributed by atoms with Crippen molar-refractivity contribution in [2.24, 2.45) is 11.7 Å². The van der Waals surface area contributed by atoms with Crippen molar-refractivity contribution in [3.8, 4) is 0 Å². The molecular formula is C31H57N7O9S. The van der Waals surface area contributed by atoms with Crippen LogP contribution >= 0.6 is 12.6 Å². The second kappa shape index (κ2) is 24.8. The summed E-state index contributed by atoms with van der Waals surface area (Å²) in [5.74, 6) is -4.54. The first kappa shape index (κ1) is 44.7. The largest absolute Gasteiger partial charge is 0.394 e. The SMILES string of the molecule is CC[C@H](S)CCCCC(=O)NCCCC[C@H](NC(=O)[C@H](C)N)C(=O)N[C@@H](CO)C(=O)N[C@H](C(=O)N[C@@H](CO)C(=O)N[C@@H](C)C=O)C(C)C. The summed E-state index contributed by atoms with van der Waals surface area (Å²) in [6.07, 6.45) is 5.55. The Kier molecular flexibility index (Phi) is 23.1. The van der Waals surface area contributed by atoms with Gasteiger partial charge in [-0.3, -0.25) is 28.8 Å². The maximum absolute atomic E-state index is 13.2. The summed E-state index contributed by atoms with van der Waals surface area (Å²) >= 11 is 4.45.